The Morgan fingerprint density at radius 1 is 1.57 bits per heavy atom. The number of nitrogens with one attached hydrogen (secondary N) is 1. The summed E-state index contributed by atoms with van der Waals surface area (Å²) in [6, 6.07) is -0.0633. The van der Waals surface area contributed by atoms with Crippen LogP contribution in [0.1, 0.15) is 6.92 Å². The molecule has 0 aliphatic rings. The second-order valence-electron chi connectivity index (χ2n) is 2.97. The first-order valence-corrected chi connectivity index (χ1v) is 4.21. The number of nitrogens with zero attached hydrogens (tertiary/aromatic N) is 5. The molecule has 0 saturated carbocycles. The van der Waals surface area contributed by atoms with Crippen LogP contribution in [0.4, 0.5) is 5.82 Å². The maximum absolute atomic E-state index is 8.87. The van der Waals surface area contributed by atoms with Gasteiger partial charge >= 0.3 is 0 Å². The van der Waals surface area contributed by atoms with Crippen LogP contribution < -0.4 is 5.32 Å². The van der Waals surface area contributed by atoms with Gasteiger partial charge in [0.25, 0.3) is 0 Å². The van der Waals surface area contributed by atoms with Gasteiger partial charge in [-0.2, -0.15) is 4.52 Å². The fraction of sp³-hybridized carbons (Fsp3) is 0.429. The predicted molar refractivity (Wildman–Crippen MR) is 48.7 cm³/mol. The first-order valence-electron chi connectivity index (χ1n) is 4.21. The first kappa shape index (κ1) is 8.82. The second kappa shape index (κ2) is 3.54. The molecular weight excluding hydrogens is 184 g/mol. The molecule has 74 valence electrons. The Hall–Kier alpha value is -1.76. The third kappa shape index (κ3) is 1.49. The minimum atomic E-state index is -0.0633. The predicted octanol–water partition coefficient (Wildman–Crippen LogP) is -0.688. The largest absolute Gasteiger partial charge is 0.394 e. The van der Waals surface area contributed by atoms with Crippen LogP contribution in [0.5, 0.6) is 0 Å². The number of aliphatic hydroxyl groups excluding tert-OH is 1. The Bertz CT molecular complexity index is 427. The molecule has 0 aliphatic heterocycles. The summed E-state index contributed by atoms with van der Waals surface area (Å²) in [5.74, 6) is 0.661. The summed E-state index contributed by atoms with van der Waals surface area (Å²) >= 11 is 0. The molecule has 2 N–H and O–H groups in total. The molecule has 1 unspecified atom stereocenters. The van der Waals surface area contributed by atoms with Crippen molar-refractivity contribution in [2.45, 2.75) is 13.0 Å². The third-order valence-corrected chi connectivity index (χ3v) is 1.78. The zero-order valence-electron chi connectivity index (χ0n) is 7.62. The van der Waals surface area contributed by atoms with Crippen molar-refractivity contribution in [2.24, 2.45) is 0 Å². The minimum Gasteiger partial charge on any atom is -0.394 e. The quantitative estimate of drug-likeness (QED) is 0.672. The lowest BCUT2D eigenvalue weighted by atomic mass is 10.4. The standard InChI is InChI=1S/C7H10N6O/c1-5(4-14)9-6-2-8-3-7-10-11-12-13(6)7/h2-3,5,9,14H,4H2,1H3. The van der Waals surface area contributed by atoms with Crippen LogP contribution in [-0.4, -0.2) is 42.8 Å². The average molecular weight is 194 g/mol. The molecule has 0 spiro atoms. The summed E-state index contributed by atoms with van der Waals surface area (Å²) in [7, 11) is 0. The molecule has 1 atom stereocenters. The lowest BCUT2D eigenvalue weighted by Gasteiger charge is -2.11. The van der Waals surface area contributed by atoms with E-state index in [1.807, 2.05) is 6.92 Å². The summed E-state index contributed by atoms with van der Waals surface area (Å²) in [5, 5.41) is 22.9. The number of aliphatic hydroxyl groups is 1. The molecule has 7 heteroatoms. The number of hydrogen-bond donors (Lipinski definition) is 2. The molecule has 14 heavy (non-hydrogen) atoms. The van der Waals surface area contributed by atoms with Gasteiger partial charge in [-0.25, -0.2) is 0 Å². The van der Waals surface area contributed by atoms with Gasteiger partial charge in [0.15, 0.2) is 11.5 Å². The van der Waals surface area contributed by atoms with E-state index < -0.39 is 0 Å². The molecule has 2 rings (SSSR count). The molecule has 7 nitrogen and oxygen atoms in total. The van der Waals surface area contributed by atoms with Gasteiger partial charge in [-0.15, -0.1) is 5.10 Å². The van der Waals surface area contributed by atoms with E-state index >= 15 is 0 Å². The van der Waals surface area contributed by atoms with Crippen LogP contribution in [0.2, 0.25) is 0 Å². The number of fused-ring (bicyclic) bond motifs is 1. The molecule has 0 bridgehead atoms. The molecule has 0 radical (unpaired) electrons. The number of rotatable bonds is 3. The van der Waals surface area contributed by atoms with Gasteiger partial charge in [0, 0.05) is 6.04 Å². The van der Waals surface area contributed by atoms with Gasteiger partial charge < -0.3 is 10.4 Å². The zero-order valence-corrected chi connectivity index (χ0v) is 7.62. The van der Waals surface area contributed by atoms with Crippen molar-refractivity contribution in [3.63, 3.8) is 0 Å². The Morgan fingerprint density at radius 2 is 2.43 bits per heavy atom. The Balaban J connectivity index is 2.36. The lowest BCUT2D eigenvalue weighted by Crippen LogP contribution is -2.21. The van der Waals surface area contributed by atoms with Crippen molar-refractivity contribution in [3.8, 4) is 0 Å². The normalized spacial score (nSPS) is 13.0. The van der Waals surface area contributed by atoms with Crippen LogP contribution in [0.25, 0.3) is 5.65 Å². The van der Waals surface area contributed by atoms with Crippen molar-refractivity contribution >= 4 is 11.5 Å². The van der Waals surface area contributed by atoms with Crippen molar-refractivity contribution < 1.29 is 5.11 Å². The molecule has 0 aliphatic carbocycles. The Labute approximate surface area is 79.8 Å². The van der Waals surface area contributed by atoms with E-state index in [1.165, 1.54) is 4.52 Å². The van der Waals surface area contributed by atoms with Gasteiger partial charge in [0.05, 0.1) is 19.0 Å². The third-order valence-electron chi connectivity index (χ3n) is 1.78. The smallest absolute Gasteiger partial charge is 0.199 e. The molecule has 0 aromatic carbocycles. The summed E-state index contributed by atoms with van der Waals surface area (Å²) in [5.41, 5.74) is 0.570. The van der Waals surface area contributed by atoms with E-state index in [0.29, 0.717) is 11.5 Å². The highest BCUT2D eigenvalue weighted by Crippen LogP contribution is 2.06. The maximum atomic E-state index is 8.87. The molecule has 0 fully saturated rings. The second-order valence-corrected chi connectivity index (χ2v) is 2.97. The molecule has 0 saturated heterocycles. The SMILES string of the molecule is CC(CO)Nc1cncc2nnnn12. The molecule has 2 aromatic rings. The topological polar surface area (TPSA) is 88.2 Å². The van der Waals surface area contributed by atoms with E-state index in [1.54, 1.807) is 12.4 Å². The maximum Gasteiger partial charge on any atom is 0.199 e. The first-order chi connectivity index (χ1) is 6.81. The summed E-state index contributed by atoms with van der Waals surface area (Å²) < 4.78 is 1.53. The average Bonchev–Trinajstić information content (AvgIpc) is 2.66. The van der Waals surface area contributed by atoms with Crippen molar-refractivity contribution in [3.05, 3.63) is 12.4 Å². The highest BCUT2D eigenvalue weighted by atomic mass is 16.3. The number of anilines is 1. The van der Waals surface area contributed by atoms with Gasteiger partial charge in [-0.05, 0) is 17.4 Å². The van der Waals surface area contributed by atoms with Crippen molar-refractivity contribution in [2.75, 3.05) is 11.9 Å². The highest BCUT2D eigenvalue weighted by molar-refractivity contribution is 5.44. The van der Waals surface area contributed by atoms with Crippen LogP contribution in [0.15, 0.2) is 12.4 Å². The van der Waals surface area contributed by atoms with Gasteiger partial charge in [-0.3, -0.25) is 4.98 Å². The van der Waals surface area contributed by atoms with Crippen LogP contribution in [0, 0.1) is 0 Å². The Kier molecular flexibility index (Phi) is 2.23. The van der Waals surface area contributed by atoms with Crippen molar-refractivity contribution in [1.82, 2.24) is 25.0 Å². The van der Waals surface area contributed by atoms with E-state index in [2.05, 4.69) is 25.8 Å². The van der Waals surface area contributed by atoms with Crippen LogP contribution >= 0.6 is 0 Å². The monoisotopic (exact) mass is 194 g/mol. The molecule has 2 aromatic heterocycles. The fourth-order valence-corrected chi connectivity index (χ4v) is 1.07. The summed E-state index contributed by atoms with van der Waals surface area (Å²) in [6.07, 6.45) is 3.17. The van der Waals surface area contributed by atoms with Crippen LogP contribution in [-0.2, 0) is 0 Å². The van der Waals surface area contributed by atoms with Crippen LogP contribution in [0.3, 0.4) is 0 Å². The minimum absolute atomic E-state index is 0.0402. The van der Waals surface area contributed by atoms with E-state index in [9.17, 15) is 0 Å². The van der Waals surface area contributed by atoms with E-state index in [4.69, 9.17) is 5.11 Å². The van der Waals surface area contributed by atoms with E-state index in [-0.39, 0.29) is 12.6 Å². The number of tetrazole rings is 1. The van der Waals surface area contributed by atoms with Gasteiger partial charge in [0.2, 0.25) is 0 Å². The highest BCUT2D eigenvalue weighted by Gasteiger charge is 2.05. The lowest BCUT2D eigenvalue weighted by molar-refractivity contribution is 0.281. The molecular formula is C7H10N6O. The van der Waals surface area contributed by atoms with Gasteiger partial charge in [-0.1, -0.05) is 0 Å². The van der Waals surface area contributed by atoms with Gasteiger partial charge in [0.1, 0.15) is 0 Å². The van der Waals surface area contributed by atoms with Crippen molar-refractivity contribution in [1.29, 1.82) is 0 Å². The number of aromatic nitrogens is 5. The summed E-state index contributed by atoms with van der Waals surface area (Å²) in [6.45, 7) is 1.89. The summed E-state index contributed by atoms with van der Waals surface area (Å²) in [4.78, 5) is 3.96. The number of hydrogen-bond acceptors (Lipinski definition) is 6. The zero-order chi connectivity index (χ0) is 9.97. The molecule has 2 heterocycles. The molecule has 0 amide bonds. The fourth-order valence-electron chi connectivity index (χ4n) is 1.07. The Morgan fingerprint density at radius 3 is 3.21 bits per heavy atom. The van der Waals surface area contributed by atoms with E-state index in [0.717, 1.165) is 0 Å².